The lowest BCUT2D eigenvalue weighted by atomic mass is 9.56. The van der Waals surface area contributed by atoms with Crippen LogP contribution in [-0.4, -0.2) is 35.7 Å². The van der Waals surface area contributed by atoms with Crippen molar-refractivity contribution in [3.63, 3.8) is 0 Å². The van der Waals surface area contributed by atoms with E-state index >= 15 is 0 Å². The molecule has 2 saturated carbocycles. The van der Waals surface area contributed by atoms with Gasteiger partial charge in [-0.25, -0.2) is 4.98 Å². The van der Waals surface area contributed by atoms with Gasteiger partial charge < -0.3 is 19.9 Å². The number of rotatable bonds is 9. The van der Waals surface area contributed by atoms with Crippen LogP contribution in [0.1, 0.15) is 85.2 Å². The van der Waals surface area contributed by atoms with Crippen molar-refractivity contribution in [1.29, 1.82) is 0 Å². The molecule has 3 heterocycles. The molecule has 0 unspecified atom stereocenters. The van der Waals surface area contributed by atoms with Crippen LogP contribution in [0.2, 0.25) is 0 Å². The highest BCUT2D eigenvalue weighted by molar-refractivity contribution is 5.91. The van der Waals surface area contributed by atoms with Crippen molar-refractivity contribution in [3.05, 3.63) is 59.1 Å². The number of nitrogens with zero attached hydrogens (tertiary/aromatic N) is 3. The zero-order chi connectivity index (χ0) is 28.8. The summed E-state index contributed by atoms with van der Waals surface area (Å²) >= 11 is 0. The topological polar surface area (TPSA) is 94.5 Å². The van der Waals surface area contributed by atoms with Crippen molar-refractivity contribution in [2.45, 2.75) is 70.4 Å². The quantitative estimate of drug-likeness (QED) is 0.307. The molecule has 3 aromatic rings. The Kier molecular flexibility index (Phi) is 7.20. The lowest BCUT2D eigenvalue weighted by Crippen LogP contribution is -2.47. The molecule has 2 aliphatic carbocycles. The van der Waals surface area contributed by atoms with E-state index in [0.29, 0.717) is 30.4 Å². The Morgan fingerprint density at radius 1 is 1.20 bits per heavy atom. The van der Waals surface area contributed by atoms with Gasteiger partial charge in [0, 0.05) is 36.2 Å². The summed E-state index contributed by atoms with van der Waals surface area (Å²) in [7, 11) is 0. The number of pyridine rings is 1. The first-order valence-electron chi connectivity index (χ1n) is 14.5. The number of carbonyl (C=O) groups is 1. The Balaban J connectivity index is 1.15. The molecule has 10 heteroatoms. The Bertz CT molecular complexity index is 1420. The molecule has 1 aliphatic heterocycles. The molecule has 218 valence electrons. The highest BCUT2D eigenvalue weighted by atomic mass is 19.4. The van der Waals surface area contributed by atoms with Gasteiger partial charge in [0.2, 0.25) is 0 Å². The van der Waals surface area contributed by atoms with E-state index in [9.17, 15) is 18.0 Å². The van der Waals surface area contributed by atoms with E-state index in [0.717, 1.165) is 81.1 Å². The molecule has 0 radical (unpaired) electrons. The summed E-state index contributed by atoms with van der Waals surface area (Å²) < 4.78 is 53.1. The summed E-state index contributed by atoms with van der Waals surface area (Å²) in [5, 5.41) is 4.20. The number of anilines is 1. The molecule has 41 heavy (non-hydrogen) atoms. The van der Waals surface area contributed by atoms with Gasteiger partial charge in [0.15, 0.2) is 0 Å². The number of halogens is 3. The number of primary amides is 1. The van der Waals surface area contributed by atoms with E-state index in [2.05, 4.69) is 15.0 Å². The predicted molar refractivity (Wildman–Crippen MR) is 148 cm³/mol. The lowest BCUT2D eigenvalue weighted by molar-refractivity contribution is -0.137. The number of carbonyl (C=O) groups excluding carboxylic acids is 1. The fraction of sp³-hybridized carbons (Fsp3) is 0.516. The first kappa shape index (κ1) is 27.6. The van der Waals surface area contributed by atoms with E-state index in [1.54, 1.807) is 18.3 Å². The number of ether oxygens (including phenoxy) is 1. The molecular weight excluding hydrogens is 533 g/mol. The second kappa shape index (κ2) is 10.7. The van der Waals surface area contributed by atoms with Crippen molar-refractivity contribution in [3.8, 4) is 17.0 Å². The van der Waals surface area contributed by atoms with Crippen molar-refractivity contribution >= 4 is 11.6 Å². The Labute approximate surface area is 237 Å². The van der Waals surface area contributed by atoms with Crippen LogP contribution in [-0.2, 0) is 12.6 Å². The number of benzene rings is 1. The van der Waals surface area contributed by atoms with Gasteiger partial charge >= 0.3 is 6.18 Å². The molecule has 3 fully saturated rings. The number of hydrogen-bond acceptors (Lipinski definition) is 6. The summed E-state index contributed by atoms with van der Waals surface area (Å²) in [5.41, 5.74) is 7.36. The maximum Gasteiger partial charge on any atom is 0.417 e. The number of alkyl halides is 3. The summed E-state index contributed by atoms with van der Waals surface area (Å²) in [4.78, 5) is 18.2. The third kappa shape index (κ3) is 5.53. The molecule has 0 bridgehead atoms. The molecule has 2 aromatic heterocycles. The molecule has 2 N–H and O–H groups in total. The second-order valence-electron chi connectivity index (χ2n) is 11.9. The minimum absolute atomic E-state index is 0.102. The molecule has 1 amide bonds. The van der Waals surface area contributed by atoms with Crippen LogP contribution in [0.15, 0.2) is 41.1 Å². The molecule has 1 aromatic carbocycles. The number of nitrogens with two attached hydrogens (primary N) is 1. The van der Waals surface area contributed by atoms with Gasteiger partial charge in [0.25, 0.3) is 5.91 Å². The van der Waals surface area contributed by atoms with Crippen molar-refractivity contribution in [2.24, 2.45) is 17.1 Å². The normalized spacial score (nSPS) is 18.9. The average molecular weight is 569 g/mol. The summed E-state index contributed by atoms with van der Waals surface area (Å²) in [6.07, 6.45) is 4.83. The number of aromatic nitrogens is 2. The van der Waals surface area contributed by atoms with E-state index < -0.39 is 17.6 Å². The zero-order valence-corrected chi connectivity index (χ0v) is 23.2. The van der Waals surface area contributed by atoms with E-state index in [1.165, 1.54) is 12.1 Å². The van der Waals surface area contributed by atoms with Crippen LogP contribution in [0, 0.1) is 11.3 Å². The number of hydrogen-bond donors (Lipinski definition) is 1. The van der Waals surface area contributed by atoms with Crippen LogP contribution in [0.5, 0.6) is 5.75 Å². The lowest BCUT2D eigenvalue weighted by Gasteiger charge is -2.53. The zero-order valence-electron chi connectivity index (χ0n) is 23.2. The van der Waals surface area contributed by atoms with Crippen molar-refractivity contribution in [2.75, 3.05) is 24.6 Å². The molecular formula is C31H35F3N4O3. The Morgan fingerprint density at radius 3 is 2.59 bits per heavy atom. The Hall–Kier alpha value is -3.56. The van der Waals surface area contributed by atoms with E-state index in [4.69, 9.17) is 15.0 Å². The fourth-order valence-corrected chi connectivity index (χ4v) is 6.69. The van der Waals surface area contributed by atoms with Gasteiger partial charge in [-0.05, 0) is 68.8 Å². The fourth-order valence-electron chi connectivity index (χ4n) is 6.69. The SMILES string of the molecule is CCCOc1cc(C(N)=O)ncc1N1CCC2(CC1)CC(Cc1c(-c3ccccc3C(F)(F)F)noc1C1CC1)C2. The molecule has 3 aliphatic rings. The molecule has 1 saturated heterocycles. The molecule has 1 spiro atoms. The first-order valence-corrected chi connectivity index (χ1v) is 14.5. The van der Waals surface area contributed by atoms with Crippen molar-refractivity contribution in [1.82, 2.24) is 10.1 Å². The predicted octanol–water partition coefficient (Wildman–Crippen LogP) is 6.76. The summed E-state index contributed by atoms with van der Waals surface area (Å²) in [6, 6.07) is 7.29. The molecule has 6 rings (SSSR count). The van der Waals surface area contributed by atoms with Gasteiger partial charge in [-0.3, -0.25) is 4.79 Å². The standard InChI is InChI=1S/C31H35F3N4O3/c1-2-13-40-26-15-24(29(35)39)36-18-25(26)38-11-9-30(10-12-38)16-19(17-30)14-22-27(37-41-28(22)20-7-8-20)21-5-3-4-6-23(21)31(32,33)34/h3-6,15,18-20H,2,7-14,16-17H2,1H3,(H2,35,39). The minimum Gasteiger partial charge on any atom is -0.491 e. The van der Waals surface area contributed by atoms with Crippen molar-refractivity contribution < 1.29 is 27.2 Å². The van der Waals surface area contributed by atoms with E-state index in [-0.39, 0.29) is 22.6 Å². The summed E-state index contributed by atoms with van der Waals surface area (Å²) in [6.45, 7) is 4.25. The van der Waals surface area contributed by atoms with Gasteiger partial charge in [0.1, 0.15) is 22.9 Å². The smallest absolute Gasteiger partial charge is 0.417 e. The number of piperidine rings is 1. The van der Waals surface area contributed by atoms with Crippen LogP contribution in [0.25, 0.3) is 11.3 Å². The maximum absolute atomic E-state index is 13.8. The van der Waals surface area contributed by atoms with Gasteiger partial charge in [-0.1, -0.05) is 30.3 Å². The highest BCUT2D eigenvalue weighted by Gasteiger charge is 2.47. The minimum atomic E-state index is -4.46. The first-order chi connectivity index (χ1) is 19.7. The Morgan fingerprint density at radius 2 is 1.93 bits per heavy atom. The average Bonchev–Trinajstić information content (AvgIpc) is 3.70. The van der Waals surface area contributed by atoms with Gasteiger partial charge in [0.05, 0.1) is 24.1 Å². The molecule has 0 atom stereocenters. The largest absolute Gasteiger partial charge is 0.491 e. The molecule has 7 nitrogen and oxygen atoms in total. The number of amides is 1. The van der Waals surface area contributed by atoms with Gasteiger partial charge in [-0.15, -0.1) is 0 Å². The third-order valence-electron chi connectivity index (χ3n) is 8.92. The third-order valence-corrected chi connectivity index (χ3v) is 8.92. The highest BCUT2D eigenvalue weighted by Crippen LogP contribution is 2.56. The van der Waals surface area contributed by atoms with E-state index in [1.807, 2.05) is 6.92 Å². The van der Waals surface area contributed by atoms with Crippen LogP contribution >= 0.6 is 0 Å². The van der Waals surface area contributed by atoms with Crippen LogP contribution in [0.4, 0.5) is 18.9 Å². The van der Waals surface area contributed by atoms with Crippen LogP contribution in [0.3, 0.4) is 0 Å². The van der Waals surface area contributed by atoms with Crippen LogP contribution < -0.4 is 15.4 Å². The van der Waals surface area contributed by atoms with Gasteiger partial charge in [-0.2, -0.15) is 13.2 Å². The maximum atomic E-state index is 13.8. The second-order valence-corrected chi connectivity index (χ2v) is 11.9. The summed E-state index contributed by atoms with van der Waals surface area (Å²) in [5.74, 6) is 1.47. The monoisotopic (exact) mass is 568 g/mol.